The number of carbonyl (C=O) groups is 1. The second-order valence-corrected chi connectivity index (χ2v) is 6.58. The zero-order valence-corrected chi connectivity index (χ0v) is 16.0. The molecule has 0 spiro atoms. The molecule has 1 heterocycles. The van der Waals surface area contributed by atoms with Crippen LogP contribution in [0.2, 0.25) is 0 Å². The van der Waals surface area contributed by atoms with E-state index in [2.05, 4.69) is 22.3 Å². The number of para-hydroxylation sites is 1. The Balaban J connectivity index is 1.44. The molecule has 27 heavy (non-hydrogen) atoms. The number of hydrogen-bond acceptors (Lipinski definition) is 4. The molecule has 1 aliphatic rings. The van der Waals surface area contributed by atoms with Crippen molar-refractivity contribution >= 4 is 6.03 Å². The van der Waals surface area contributed by atoms with Crippen LogP contribution in [0, 0.1) is 0 Å². The van der Waals surface area contributed by atoms with E-state index < -0.39 is 0 Å². The number of urea groups is 1. The summed E-state index contributed by atoms with van der Waals surface area (Å²) in [4.78, 5) is 16.7. The van der Waals surface area contributed by atoms with Gasteiger partial charge in [-0.3, -0.25) is 4.90 Å². The quantitative estimate of drug-likeness (QED) is 0.851. The summed E-state index contributed by atoms with van der Waals surface area (Å²) in [6, 6.07) is 15.9. The fourth-order valence-electron chi connectivity index (χ4n) is 3.23. The summed E-state index contributed by atoms with van der Waals surface area (Å²) in [6.45, 7) is 4.56. The molecule has 2 amide bonds. The summed E-state index contributed by atoms with van der Waals surface area (Å²) < 4.78 is 10.5. The molecule has 0 saturated carbocycles. The lowest BCUT2D eigenvalue weighted by atomic mass is 10.2. The van der Waals surface area contributed by atoms with Crippen molar-refractivity contribution in [1.82, 2.24) is 15.1 Å². The number of piperazine rings is 1. The highest BCUT2D eigenvalue weighted by molar-refractivity contribution is 5.74. The molecule has 2 aromatic rings. The van der Waals surface area contributed by atoms with Crippen LogP contribution < -0.4 is 14.8 Å². The van der Waals surface area contributed by atoms with Crippen molar-refractivity contribution in [3.63, 3.8) is 0 Å². The van der Waals surface area contributed by atoms with Gasteiger partial charge in [0, 0.05) is 44.8 Å². The van der Waals surface area contributed by atoms with E-state index in [9.17, 15) is 4.79 Å². The van der Waals surface area contributed by atoms with Crippen LogP contribution in [0.25, 0.3) is 0 Å². The SMILES string of the molecule is COc1ccc(CN2CCN(C(=O)NCc3ccccc3OC)CC2)cc1. The van der Waals surface area contributed by atoms with Gasteiger partial charge in [0.05, 0.1) is 14.2 Å². The Hall–Kier alpha value is -2.73. The van der Waals surface area contributed by atoms with E-state index in [0.717, 1.165) is 49.8 Å². The number of rotatable bonds is 6. The first-order chi connectivity index (χ1) is 13.2. The summed E-state index contributed by atoms with van der Waals surface area (Å²) in [7, 11) is 3.32. The summed E-state index contributed by atoms with van der Waals surface area (Å²) in [5, 5.41) is 3.00. The van der Waals surface area contributed by atoms with Crippen LogP contribution in [0.4, 0.5) is 4.79 Å². The number of methoxy groups -OCH3 is 2. The van der Waals surface area contributed by atoms with Crippen molar-refractivity contribution in [2.45, 2.75) is 13.1 Å². The molecule has 0 radical (unpaired) electrons. The minimum absolute atomic E-state index is 0.0231. The number of nitrogens with zero attached hydrogens (tertiary/aromatic N) is 2. The molecule has 3 rings (SSSR count). The standard InChI is InChI=1S/C21H27N3O3/c1-26-19-9-7-17(8-10-19)16-23-11-13-24(14-12-23)21(25)22-15-18-5-3-4-6-20(18)27-2/h3-10H,11-16H2,1-2H3,(H,22,25). The summed E-state index contributed by atoms with van der Waals surface area (Å²) in [6.07, 6.45) is 0. The molecule has 6 heteroatoms. The molecule has 1 fully saturated rings. The number of nitrogens with one attached hydrogen (secondary N) is 1. The smallest absolute Gasteiger partial charge is 0.317 e. The molecule has 1 saturated heterocycles. The van der Waals surface area contributed by atoms with Crippen LogP contribution in [-0.2, 0) is 13.1 Å². The minimum atomic E-state index is -0.0231. The third-order valence-corrected chi connectivity index (χ3v) is 4.85. The van der Waals surface area contributed by atoms with Gasteiger partial charge in [0.25, 0.3) is 0 Å². The first kappa shape index (κ1) is 19.0. The van der Waals surface area contributed by atoms with Crippen molar-refractivity contribution in [3.05, 3.63) is 59.7 Å². The van der Waals surface area contributed by atoms with E-state index in [-0.39, 0.29) is 6.03 Å². The Morgan fingerprint density at radius 2 is 1.67 bits per heavy atom. The lowest BCUT2D eigenvalue weighted by Gasteiger charge is -2.34. The number of ether oxygens (including phenoxy) is 2. The van der Waals surface area contributed by atoms with Gasteiger partial charge < -0.3 is 19.7 Å². The van der Waals surface area contributed by atoms with Gasteiger partial charge in [0.1, 0.15) is 11.5 Å². The molecular weight excluding hydrogens is 342 g/mol. The molecular formula is C21H27N3O3. The zero-order valence-electron chi connectivity index (χ0n) is 16.0. The van der Waals surface area contributed by atoms with Crippen LogP contribution in [0.3, 0.4) is 0 Å². The van der Waals surface area contributed by atoms with Crippen molar-refractivity contribution in [2.24, 2.45) is 0 Å². The molecule has 1 aliphatic heterocycles. The predicted molar refractivity (Wildman–Crippen MR) is 105 cm³/mol. The van der Waals surface area contributed by atoms with Gasteiger partial charge in [0.2, 0.25) is 0 Å². The Morgan fingerprint density at radius 1 is 0.963 bits per heavy atom. The highest BCUT2D eigenvalue weighted by atomic mass is 16.5. The number of carbonyl (C=O) groups excluding carboxylic acids is 1. The van der Waals surface area contributed by atoms with Gasteiger partial charge in [-0.25, -0.2) is 4.79 Å². The Labute approximate surface area is 160 Å². The first-order valence-corrected chi connectivity index (χ1v) is 9.19. The van der Waals surface area contributed by atoms with Gasteiger partial charge in [-0.2, -0.15) is 0 Å². The predicted octanol–water partition coefficient (Wildman–Crippen LogP) is 2.73. The van der Waals surface area contributed by atoms with Gasteiger partial charge in [0.15, 0.2) is 0 Å². The first-order valence-electron chi connectivity index (χ1n) is 9.19. The largest absolute Gasteiger partial charge is 0.497 e. The van der Waals surface area contributed by atoms with Gasteiger partial charge >= 0.3 is 6.03 Å². The Kier molecular flexibility index (Phi) is 6.54. The summed E-state index contributed by atoms with van der Waals surface area (Å²) in [5.74, 6) is 1.66. The highest BCUT2D eigenvalue weighted by Gasteiger charge is 2.21. The topological polar surface area (TPSA) is 54.0 Å². The van der Waals surface area contributed by atoms with E-state index in [1.54, 1.807) is 14.2 Å². The van der Waals surface area contributed by atoms with E-state index in [1.807, 2.05) is 41.3 Å². The lowest BCUT2D eigenvalue weighted by molar-refractivity contribution is 0.135. The van der Waals surface area contributed by atoms with Crippen molar-refractivity contribution in [1.29, 1.82) is 0 Å². The maximum atomic E-state index is 12.4. The van der Waals surface area contributed by atoms with Crippen molar-refractivity contribution in [3.8, 4) is 11.5 Å². The maximum Gasteiger partial charge on any atom is 0.317 e. The van der Waals surface area contributed by atoms with Crippen molar-refractivity contribution < 1.29 is 14.3 Å². The molecule has 2 aromatic carbocycles. The zero-order chi connectivity index (χ0) is 19.1. The maximum absolute atomic E-state index is 12.4. The van der Waals surface area contributed by atoms with Crippen LogP contribution in [0.5, 0.6) is 11.5 Å². The van der Waals surface area contributed by atoms with E-state index in [4.69, 9.17) is 9.47 Å². The minimum Gasteiger partial charge on any atom is -0.497 e. The van der Waals surface area contributed by atoms with E-state index in [1.165, 1.54) is 5.56 Å². The molecule has 0 unspecified atom stereocenters. The van der Waals surface area contributed by atoms with Gasteiger partial charge in [-0.1, -0.05) is 30.3 Å². The van der Waals surface area contributed by atoms with E-state index >= 15 is 0 Å². The average Bonchev–Trinajstić information content (AvgIpc) is 2.73. The van der Waals surface area contributed by atoms with Crippen LogP contribution in [0.15, 0.2) is 48.5 Å². The van der Waals surface area contributed by atoms with Gasteiger partial charge in [-0.15, -0.1) is 0 Å². The molecule has 0 atom stereocenters. The Bertz CT molecular complexity index is 741. The van der Waals surface area contributed by atoms with Gasteiger partial charge in [-0.05, 0) is 23.8 Å². The lowest BCUT2D eigenvalue weighted by Crippen LogP contribution is -2.51. The molecule has 0 aromatic heterocycles. The number of amides is 2. The molecule has 1 N–H and O–H groups in total. The second kappa shape index (κ2) is 9.28. The third-order valence-electron chi connectivity index (χ3n) is 4.85. The Morgan fingerprint density at radius 3 is 2.33 bits per heavy atom. The molecule has 0 aliphatic carbocycles. The van der Waals surface area contributed by atoms with Crippen LogP contribution >= 0.6 is 0 Å². The van der Waals surface area contributed by atoms with E-state index in [0.29, 0.717) is 6.54 Å². The second-order valence-electron chi connectivity index (χ2n) is 6.58. The fourth-order valence-corrected chi connectivity index (χ4v) is 3.23. The third kappa shape index (κ3) is 5.14. The normalized spacial score (nSPS) is 14.7. The molecule has 144 valence electrons. The molecule has 6 nitrogen and oxygen atoms in total. The number of hydrogen-bond donors (Lipinski definition) is 1. The summed E-state index contributed by atoms with van der Waals surface area (Å²) >= 11 is 0. The van der Waals surface area contributed by atoms with Crippen LogP contribution in [0.1, 0.15) is 11.1 Å². The highest BCUT2D eigenvalue weighted by Crippen LogP contribution is 2.17. The monoisotopic (exact) mass is 369 g/mol. The van der Waals surface area contributed by atoms with Crippen molar-refractivity contribution in [2.75, 3.05) is 40.4 Å². The number of benzene rings is 2. The average molecular weight is 369 g/mol. The van der Waals surface area contributed by atoms with Crippen LogP contribution in [-0.4, -0.2) is 56.2 Å². The molecule has 0 bridgehead atoms. The summed E-state index contributed by atoms with van der Waals surface area (Å²) in [5.41, 5.74) is 2.23. The fraction of sp³-hybridized carbons (Fsp3) is 0.381.